The first-order chi connectivity index (χ1) is 10.7. The summed E-state index contributed by atoms with van der Waals surface area (Å²) in [6.45, 7) is 1.98. The van der Waals surface area contributed by atoms with E-state index < -0.39 is 0 Å². The van der Waals surface area contributed by atoms with Gasteiger partial charge in [0, 0.05) is 6.04 Å². The largest absolute Gasteiger partial charge is 0.309 e. The third-order valence-electron chi connectivity index (χ3n) is 3.75. The van der Waals surface area contributed by atoms with E-state index in [2.05, 4.69) is 24.7 Å². The average molecular weight is 313 g/mol. The Hall–Kier alpha value is -2.15. The predicted molar refractivity (Wildman–Crippen MR) is 85.0 cm³/mol. The molecule has 22 heavy (non-hydrogen) atoms. The maximum absolute atomic E-state index is 12.1. The van der Waals surface area contributed by atoms with E-state index in [0.717, 1.165) is 16.5 Å². The number of thioether (sulfide) groups is 1. The summed E-state index contributed by atoms with van der Waals surface area (Å²) in [7, 11) is 0. The molecular formula is C15H15N5OS. The predicted octanol–water partition coefficient (Wildman–Crippen LogP) is 2.45. The molecule has 0 atom stereocenters. The van der Waals surface area contributed by atoms with Gasteiger partial charge in [0.2, 0.25) is 0 Å². The summed E-state index contributed by atoms with van der Waals surface area (Å²) in [5.74, 6) is 2.19. The molecule has 0 aliphatic heterocycles. The number of rotatable bonds is 4. The van der Waals surface area contributed by atoms with Crippen LogP contribution in [-0.2, 0) is 5.75 Å². The number of aryl methyl sites for hydroxylation is 1. The summed E-state index contributed by atoms with van der Waals surface area (Å²) in [6, 6.07) is 7.91. The maximum Gasteiger partial charge on any atom is 0.258 e. The lowest BCUT2D eigenvalue weighted by molar-refractivity contribution is 0.644. The number of fused-ring (bicyclic) bond motifs is 1. The van der Waals surface area contributed by atoms with E-state index in [0.29, 0.717) is 23.0 Å². The van der Waals surface area contributed by atoms with Crippen LogP contribution in [0.25, 0.3) is 10.9 Å². The summed E-state index contributed by atoms with van der Waals surface area (Å²) in [5.41, 5.74) is 0.628. The van der Waals surface area contributed by atoms with Gasteiger partial charge in [0.1, 0.15) is 11.6 Å². The van der Waals surface area contributed by atoms with Gasteiger partial charge in [-0.3, -0.25) is 4.79 Å². The van der Waals surface area contributed by atoms with E-state index in [1.54, 1.807) is 17.8 Å². The van der Waals surface area contributed by atoms with Gasteiger partial charge in [-0.2, -0.15) is 0 Å². The van der Waals surface area contributed by atoms with Crippen molar-refractivity contribution in [3.05, 3.63) is 46.3 Å². The van der Waals surface area contributed by atoms with Crippen LogP contribution in [0, 0.1) is 6.92 Å². The van der Waals surface area contributed by atoms with Crippen molar-refractivity contribution in [3.63, 3.8) is 0 Å². The standard InChI is InChI=1S/C15H15N5OS/c1-9-18-19-15(20(9)10-6-7-10)22-8-13-16-12-5-3-2-4-11(12)14(21)17-13/h2-5,10H,6-8H2,1H3,(H,16,17,21). The number of aromatic amines is 1. The highest BCUT2D eigenvalue weighted by molar-refractivity contribution is 7.98. The Morgan fingerprint density at radius 2 is 2.14 bits per heavy atom. The number of hydrogen-bond donors (Lipinski definition) is 1. The lowest BCUT2D eigenvalue weighted by Crippen LogP contribution is -2.11. The van der Waals surface area contributed by atoms with E-state index in [4.69, 9.17) is 0 Å². The Bertz CT molecular complexity index is 896. The summed E-state index contributed by atoms with van der Waals surface area (Å²) < 4.78 is 2.18. The highest BCUT2D eigenvalue weighted by Crippen LogP contribution is 2.38. The van der Waals surface area contributed by atoms with Crippen molar-refractivity contribution in [2.45, 2.75) is 36.7 Å². The third kappa shape index (κ3) is 2.41. The molecule has 1 saturated carbocycles. The van der Waals surface area contributed by atoms with Gasteiger partial charge < -0.3 is 9.55 Å². The number of nitrogens with one attached hydrogen (secondary N) is 1. The van der Waals surface area contributed by atoms with Gasteiger partial charge in [-0.25, -0.2) is 4.98 Å². The highest BCUT2D eigenvalue weighted by Gasteiger charge is 2.28. The monoisotopic (exact) mass is 313 g/mol. The van der Waals surface area contributed by atoms with Gasteiger partial charge in [-0.15, -0.1) is 10.2 Å². The minimum atomic E-state index is -0.0963. The summed E-state index contributed by atoms with van der Waals surface area (Å²) in [4.78, 5) is 19.4. The van der Waals surface area contributed by atoms with Crippen LogP contribution in [0.4, 0.5) is 0 Å². The van der Waals surface area contributed by atoms with Gasteiger partial charge in [0.05, 0.1) is 16.7 Å². The second-order valence-electron chi connectivity index (χ2n) is 5.45. The molecule has 6 nitrogen and oxygen atoms in total. The number of H-pyrrole nitrogens is 1. The van der Waals surface area contributed by atoms with E-state index in [1.807, 2.05) is 25.1 Å². The van der Waals surface area contributed by atoms with Crippen LogP contribution in [0.2, 0.25) is 0 Å². The minimum absolute atomic E-state index is 0.0963. The normalized spacial score (nSPS) is 14.6. The fraction of sp³-hybridized carbons (Fsp3) is 0.333. The van der Waals surface area contributed by atoms with E-state index in [-0.39, 0.29) is 5.56 Å². The van der Waals surface area contributed by atoms with Gasteiger partial charge >= 0.3 is 0 Å². The lowest BCUT2D eigenvalue weighted by atomic mass is 10.2. The molecule has 0 bridgehead atoms. The van der Waals surface area contributed by atoms with Gasteiger partial charge in [0.15, 0.2) is 5.16 Å². The second kappa shape index (κ2) is 5.24. The molecule has 2 aromatic heterocycles. The zero-order valence-corrected chi connectivity index (χ0v) is 12.9. The zero-order valence-electron chi connectivity index (χ0n) is 12.1. The second-order valence-corrected chi connectivity index (χ2v) is 6.39. The first-order valence-corrected chi connectivity index (χ1v) is 8.23. The van der Waals surface area contributed by atoms with E-state index in [9.17, 15) is 4.79 Å². The first-order valence-electron chi connectivity index (χ1n) is 7.24. The number of benzene rings is 1. The molecule has 1 aromatic carbocycles. The molecule has 0 radical (unpaired) electrons. The van der Waals surface area contributed by atoms with Crippen molar-refractivity contribution >= 4 is 22.7 Å². The number of aromatic nitrogens is 5. The molecule has 7 heteroatoms. The molecule has 1 N–H and O–H groups in total. The highest BCUT2D eigenvalue weighted by atomic mass is 32.2. The molecule has 112 valence electrons. The SMILES string of the molecule is Cc1nnc(SCc2nc3ccccc3c(=O)[nH]2)n1C1CC1. The molecule has 2 heterocycles. The average Bonchev–Trinajstić information content (AvgIpc) is 3.29. The van der Waals surface area contributed by atoms with Crippen molar-refractivity contribution in [2.24, 2.45) is 0 Å². The Morgan fingerprint density at radius 3 is 2.95 bits per heavy atom. The molecule has 0 spiro atoms. The molecule has 1 fully saturated rings. The van der Waals surface area contributed by atoms with Crippen molar-refractivity contribution in [2.75, 3.05) is 0 Å². The molecule has 1 aliphatic rings. The van der Waals surface area contributed by atoms with Crippen LogP contribution in [0.15, 0.2) is 34.2 Å². The molecule has 0 amide bonds. The van der Waals surface area contributed by atoms with Crippen LogP contribution in [0.3, 0.4) is 0 Å². The third-order valence-corrected chi connectivity index (χ3v) is 4.70. The summed E-state index contributed by atoms with van der Waals surface area (Å²) >= 11 is 1.56. The lowest BCUT2D eigenvalue weighted by Gasteiger charge is -2.06. The number of nitrogens with zero attached hydrogens (tertiary/aromatic N) is 4. The molecular weight excluding hydrogens is 298 g/mol. The van der Waals surface area contributed by atoms with Gasteiger partial charge in [-0.1, -0.05) is 23.9 Å². The minimum Gasteiger partial charge on any atom is -0.309 e. The molecule has 0 saturated heterocycles. The van der Waals surface area contributed by atoms with Gasteiger partial charge in [-0.05, 0) is 31.9 Å². The van der Waals surface area contributed by atoms with Crippen LogP contribution in [0.1, 0.15) is 30.5 Å². The quantitative estimate of drug-likeness (QED) is 0.749. The fourth-order valence-corrected chi connectivity index (χ4v) is 3.46. The topological polar surface area (TPSA) is 76.5 Å². The number of hydrogen-bond acceptors (Lipinski definition) is 5. The van der Waals surface area contributed by atoms with Crippen LogP contribution in [-0.4, -0.2) is 24.7 Å². The molecule has 1 aliphatic carbocycles. The Balaban J connectivity index is 1.61. The van der Waals surface area contributed by atoms with Crippen LogP contribution in [0.5, 0.6) is 0 Å². The Labute approximate surface area is 131 Å². The number of para-hydroxylation sites is 1. The van der Waals surface area contributed by atoms with Gasteiger partial charge in [0.25, 0.3) is 5.56 Å². The van der Waals surface area contributed by atoms with Crippen molar-refractivity contribution < 1.29 is 0 Å². The van der Waals surface area contributed by atoms with Crippen molar-refractivity contribution in [1.29, 1.82) is 0 Å². The molecule has 0 unspecified atom stereocenters. The summed E-state index contributed by atoms with van der Waals surface area (Å²) in [5, 5.41) is 9.91. The fourth-order valence-electron chi connectivity index (χ4n) is 2.54. The first kappa shape index (κ1) is 13.5. The smallest absolute Gasteiger partial charge is 0.258 e. The van der Waals surface area contributed by atoms with Crippen molar-refractivity contribution in [1.82, 2.24) is 24.7 Å². The maximum atomic E-state index is 12.1. The molecule has 4 rings (SSSR count). The zero-order chi connectivity index (χ0) is 15.1. The Kier molecular flexibility index (Phi) is 3.22. The van der Waals surface area contributed by atoms with E-state index >= 15 is 0 Å². The summed E-state index contributed by atoms with van der Waals surface area (Å²) in [6.07, 6.45) is 2.38. The van der Waals surface area contributed by atoms with Crippen molar-refractivity contribution in [3.8, 4) is 0 Å². The molecule has 3 aromatic rings. The van der Waals surface area contributed by atoms with Crippen LogP contribution < -0.4 is 5.56 Å². The van der Waals surface area contributed by atoms with E-state index in [1.165, 1.54) is 12.8 Å². The Morgan fingerprint density at radius 1 is 1.32 bits per heavy atom. The van der Waals surface area contributed by atoms with Crippen LogP contribution >= 0.6 is 11.8 Å².